The summed E-state index contributed by atoms with van der Waals surface area (Å²) in [5.74, 6) is 2.09. The number of anilines is 1. The first-order valence-corrected chi connectivity index (χ1v) is 12.3. The second-order valence-corrected chi connectivity index (χ2v) is 9.48. The van der Waals surface area contributed by atoms with Crippen molar-refractivity contribution in [1.29, 1.82) is 0 Å². The molecule has 0 amide bonds. The van der Waals surface area contributed by atoms with Crippen LogP contribution < -0.4 is 14.4 Å². The van der Waals surface area contributed by atoms with Crippen LogP contribution in [0.3, 0.4) is 0 Å². The number of likely N-dealkylation sites (tertiary alicyclic amines) is 1. The predicted molar refractivity (Wildman–Crippen MR) is 126 cm³/mol. The minimum atomic E-state index is 0.0300. The number of aryl methyl sites for hydroxylation is 1. The van der Waals surface area contributed by atoms with E-state index < -0.39 is 0 Å². The molecule has 3 aliphatic heterocycles. The van der Waals surface area contributed by atoms with Gasteiger partial charge in [0.25, 0.3) is 0 Å². The molecule has 0 N–H and O–H groups in total. The monoisotopic (exact) mass is 420 g/mol. The van der Waals surface area contributed by atoms with Crippen LogP contribution in [0.1, 0.15) is 50.5 Å². The average Bonchev–Trinajstić information content (AvgIpc) is 2.83. The van der Waals surface area contributed by atoms with Crippen LogP contribution in [0.25, 0.3) is 0 Å². The molecule has 2 fully saturated rings. The summed E-state index contributed by atoms with van der Waals surface area (Å²) in [5, 5.41) is 0. The first kappa shape index (κ1) is 20.7. The maximum Gasteiger partial charge on any atom is 0.123 e. The first-order chi connectivity index (χ1) is 15.3. The lowest BCUT2D eigenvalue weighted by molar-refractivity contribution is 0.0226. The van der Waals surface area contributed by atoms with E-state index in [4.69, 9.17) is 9.47 Å². The van der Waals surface area contributed by atoms with E-state index in [9.17, 15) is 0 Å². The van der Waals surface area contributed by atoms with Crippen LogP contribution in [0.5, 0.6) is 11.5 Å². The zero-order valence-corrected chi connectivity index (χ0v) is 18.7. The summed E-state index contributed by atoms with van der Waals surface area (Å²) in [6.45, 7) is 6.62. The van der Waals surface area contributed by atoms with Gasteiger partial charge in [0, 0.05) is 38.2 Å². The summed E-state index contributed by atoms with van der Waals surface area (Å²) in [6, 6.07) is 17.2. The molecule has 4 heteroatoms. The molecule has 0 saturated carbocycles. The van der Waals surface area contributed by atoms with Gasteiger partial charge in [-0.05, 0) is 81.1 Å². The van der Waals surface area contributed by atoms with E-state index in [1.165, 1.54) is 50.1 Å². The number of hydrogen-bond donors (Lipinski definition) is 0. The average molecular weight is 421 g/mol. The molecule has 3 aliphatic rings. The van der Waals surface area contributed by atoms with E-state index in [1.807, 2.05) is 0 Å². The number of piperidine rings is 2. The molecule has 0 bridgehead atoms. The van der Waals surface area contributed by atoms with E-state index in [-0.39, 0.29) is 5.60 Å². The molecule has 0 aromatic heterocycles. The number of fused-ring (bicyclic) bond motifs is 1. The highest BCUT2D eigenvalue weighted by molar-refractivity contribution is 5.49. The van der Waals surface area contributed by atoms with Gasteiger partial charge in [-0.15, -0.1) is 0 Å². The molecule has 2 aromatic rings. The van der Waals surface area contributed by atoms with Gasteiger partial charge < -0.3 is 19.3 Å². The van der Waals surface area contributed by atoms with Gasteiger partial charge in [-0.3, -0.25) is 0 Å². The summed E-state index contributed by atoms with van der Waals surface area (Å²) in [7, 11) is 0. The summed E-state index contributed by atoms with van der Waals surface area (Å²) < 4.78 is 12.5. The van der Waals surface area contributed by atoms with Crippen LogP contribution in [0, 0.1) is 0 Å². The van der Waals surface area contributed by atoms with E-state index in [0.29, 0.717) is 0 Å². The fourth-order valence-corrected chi connectivity index (χ4v) is 5.40. The van der Waals surface area contributed by atoms with Crippen molar-refractivity contribution in [1.82, 2.24) is 4.90 Å². The zero-order valence-electron chi connectivity index (χ0n) is 18.7. The zero-order chi connectivity index (χ0) is 20.9. The largest absolute Gasteiger partial charge is 0.494 e. The molecule has 1 spiro atoms. The number of ether oxygens (including phenoxy) is 2. The number of nitrogens with zero attached hydrogens (tertiary/aromatic N) is 2. The van der Waals surface area contributed by atoms with Gasteiger partial charge in [0.2, 0.25) is 0 Å². The lowest BCUT2D eigenvalue weighted by atomic mass is 9.83. The van der Waals surface area contributed by atoms with Crippen LogP contribution in [0.4, 0.5) is 5.69 Å². The lowest BCUT2D eigenvalue weighted by Crippen LogP contribution is -2.49. The van der Waals surface area contributed by atoms with Crippen molar-refractivity contribution in [2.75, 3.05) is 44.2 Å². The number of hydrogen-bond acceptors (Lipinski definition) is 4. The Bertz CT molecular complexity index is 837. The van der Waals surface area contributed by atoms with Crippen LogP contribution >= 0.6 is 0 Å². The Balaban J connectivity index is 1.08. The Labute approximate surface area is 187 Å². The minimum Gasteiger partial charge on any atom is -0.494 e. The Hall–Kier alpha value is -2.20. The highest BCUT2D eigenvalue weighted by atomic mass is 16.5. The fraction of sp³-hybridized carbons (Fsp3) is 0.556. The van der Waals surface area contributed by atoms with Crippen molar-refractivity contribution < 1.29 is 9.47 Å². The second-order valence-electron chi connectivity index (χ2n) is 9.48. The van der Waals surface area contributed by atoms with Crippen LogP contribution in [0.15, 0.2) is 48.5 Å². The van der Waals surface area contributed by atoms with Crippen LogP contribution in [-0.2, 0) is 6.42 Å². The molecule has 166 valence electrons. The highest BCUT2D eigenvalue weighted by Gasteiger charge is 2.39. The topological polar surface area (TPSA) is 24.9 Å². The van der Waals surface area contributed by atoms with E-state index in [1.54, 1.807) is 0 Å². The third-order valence-electron chi connectivity index (χ3n) is 7.36. The molecule has 0 atom stereocenters. The third-order valence-corrected chi connectivity index (χ3v) is 7.36. The normalized spacial score (nSPS) is 20.8. The Morgan fingerprint density at radius 2 is 1.61 bits per heavy atom. The molecule has 0 radical (unpaired) electrons. The van der Waals surface area contributed by atoms with E-state index in [2.05, 4.69) is 58.3 Å². The van der Waals surface area contributed by atoms with Gasteiger partial charge in [-0.1, -0.05) is 24.6 Å². The highest BCUT2D eigenvalue weighted by Crippen LogP contribution is 2.40. The Kier molecular flexibility index (Phi) is 6.35. The van der Waals surface area contributed by atoms with Crippen molar-refractivity contribution in [2.45, 2.75) is 57.0 Å². The summed E-state index contributed by atoms with van der Waals surface area (Å²) >= 11 is 0. The van der Waals surface area contributed by atoms with Crippen molar-refractivity contribution >= 4 is 5.69 Å². The fourth-order valence-electron chi connectivity index (χ4n) is 5.40. The predicted octanol–water partition coefficient (Wildman–Crippen LogP) is 5.31. The smallest absolute Gasteiger partial charge is 0.123 e. The number of rotatable bonds is 6. The summed E-state index contributed by atoms with van der Waals surface area (Å²) in [5.41, 5.74) is 2.69. The molecule has 0 unspecified atom stereocenters. The van der Waals surface area contributed by atoms with Gasteiger partial charge >= 0.3 is 0 Å². The molecular formula is C27H36N2O2. The molecule has 0 aliphatic carbocycles. The molecule has 4 nitrogen and oxygen atoms in total. The number of benzene rings is 2. The maximum absolute atomic E-state index is 6.51. The van der Waals surface area contributed by atoms with E-state index >= 15 is 0 Å². The minimum absolute atomic E-state index is 0.0300. The van der Waals surface area contributed by atoms with E-state index in [0.717, 1.165) is 63.3 Å². The van der Waals surface area contributed by atoms with Crippen LogP contribution in [-0.4, -0.2) is 49.8 Å². The van der Waals surface area contributed by atoms with Crippen LogP contribution in [0.2, 0.25) is 0 Å². The summed E-state index contributed by atoms with van der Waals surface area (Å²) in [6.07, 6.45) is 9.70. The van der Waals surface area contributed by atoms with Gasteiger partial charge in [-0.25, -0.2) is 0 Å². The van der Waals surface area contributed by atoms with Gasteiger partial charge in [0.15, 0.2) is 0 Å². The molecule has 2 aromatic carbocycles. The van der Waals surface area contributed by atoms with Crippen molar-refractivity contribution in [3.63, 3.8) is 0 Å². The molecular weight excluding hydrogens is 384 g/mol. The SMILES string of the molecule is c1ccc2c(c1)CCC1(CCN(c3ccc(OCCCN4CCCCC4)cc3)CC1)O2. The molecule has 5 rings (SSSR count). The Morgan fingerprint density at radius 1 is 0.839 bits per heavy atom. The summed E-state index contributed by atoms with van der Waals surface area (Å²) in [4.78, 5) is 5.07. The third kappa shape index (κ3) is 5.01. The maximum atomic E-state index is 6.51. The molecule has 31 heavy (non-hydrogen) atoms. The van der Waals surface area contributed by atoms with Gasteiger partial charge in [0.05, 0.1) is 6.61 Å². The van der Waals surface area contributed by atoms with Gasteiger partial charge in [-0.2, -0.15) is 0 Å². The first-order valence-electron chi connectivity index (χ1n) is 12.3. The van der Waals surface area contributed by atoms with Crippen molar-refractivity contribution in [3.8, 4) is 11.5 Å². The van der Waals surface area contributed by atoms with Crippen molar-refractivity contribution in [2.24, 2.45) is 0 Å². The van der Waals surface area contributed by atoms with Crippen molar-refractivity contribution in [3.05, 3.63) is 54.1 Å². The van der Waals surface area contributed by atoms with Gasteiger partial charge in [0.1, 0.15) is 17.1 Å². The number of para-hydroxylation sites is 1. The standard InChI is InChI=1S/C27H36N2O2/c1-4-17-28(18-5-1)19-6-22-30-25-11-9-24(10-12-25)29-20-15-27(16-21-29)14-13-23-7-2-3-8-26(23)31-27/h2-3,7-12H,1,4-6,13-22H2. The molecule has 2 saturated heterocycles. The second kappa shape index (κ2) is 9.52. The quantitative estimate of drug-likeness (QED) is 0.592. The molecule has 3 heterocycles. The lowest BCUT2D eigenvalue weighted by Gasteiger charge is -2.45. The Morgan fingerprint density at radius 3 is 2.42 bits per heavy atom.